The van der Waals surface area contributed by atoms with Gasteiger partial charge in [-0.15, -0.1) is 0 Å². The second-order valence-corrected chi connectivity index (χ2v) is 6.81. The van der Waals surface area contributed by atoms with Crippen molar-refractivity contribution in [1.82, 2.24) is 29.4 Å². The molecule has 1 atom stereocenters. The van der Waals surface area contributed by atoms with E-state index in [-0.39, 0.29) is 17.7 Å². The molecule has 8 heteroatoms. The maximum atomic E-state index is 12.6. The van der Waals surface area contributed by atoms with Gasteiger partial charge in [-0.2, -0.15) is 5.10 Å². The number of carbonyl (C=O) groups excluding carboxylic acids is 2. The molecule has 138 valence electrons. The maximum absolute atomic E-state index is 12.6. The number of nitrogens with zero attached hydrogens (tertiary/aromatic N) is 6. The van der Waals surface area contributed by atoms with Crippen LogP contribution in [-0.2, 0) is 0 Å². The summed E-state index contributed by atoms with van der Waals surface area (Å²) in [6, 6.07) is 7.24. The van der Waals surface area contributed by atoms with E-state index in [1.807, 2.05) is 17.0 Å². The van der Waals surface area contributed by atoms with Gasteiger partial charge in [-0.05, 0) is 24.6 Å². The van der Waals surface area contributed by atoms with E-state index in [9.17, 15) is 9.59 Å². The molecule has 4 rings (SSSR count). The minimum absolute atomic E-state index is 0.0626. The van der Waals surface area contributed by atoms with E-state index in [0.29, 0.717) is 30.0 Å². The number of hydrogen-bond donors (Lipinski definition) is 0. The van der Waals surface area contributed by atoms with E-state index in [0.717, 1.165) is 12.1 Å². The summed E-state index contributed by atoms with van der Waals surface area (Å²) < 4.78 is 1.72. The van der Waals surface area contributed by atoms with Crippen LogP contribution in [0.5, 0.6) is 0 Å². The number of amides is 2. The molecule has 0 bridgehead atoms. The van der Waals surface area contributed by atoms with Gasteiger partial charge in [0.05, 0.1) is 11.9 Å². The quantitative estimate of drug-likeness (QED) is 0.702. The summed E-state index contributed by atoms with van der Waals surface area (Å²) in [6.07, 6.45) is 5.71. The highest BCUT2D eigenvalue weighted by molar-refractivity contribution is 5.99. The predicted octanol–water partition coefficient (Wildman–Crippen LogP) is 1.46. The second-order valence-electron chi connectivity index (χ2n) is 6.81. The van der Waals surface area contributed by atoms with Crippen molar-refractivity contribution in [3.05, 3.63) is 59.8 Å². The van der Waals surface area contributed by atoms with Gasteiger partial charge in [0.1, 0.15) is 11.3 Å². The largest absolute Gasteiger partial charge is 0.345 e. The monoisotopic (exact) mass is 364 g/mol. The van der Waals surface area contributed by atoms with Crippen molar-refractivity contribution in [1.29, 1.82) is 0 Å². The Labute approximate surface area is 156 Å². The Bertz CT molecular complexity index is 998. The fourth-order valence-electron chi connectivity index (χ4n) is 3.45. The van der Waals surface area contributed by atoms with Gasteiger partial charge in [-0.1, -0.05) is 6.07 Å². The second kappa shape index (κ2) is 6.79. The van der Waals surface area contributed by atoms with Gasteiger partial charge in [0.15, 0.2) is 5.65 Å². The van der Waals surface area contributed by atoms with Crippen LogP contribution in [0.15, 0.2) is 42.9 Å². The minimum atomic E-state index is -0.131. The van der Waals surface area contributed by atoms with Crippen molar-refractivity contribution in [2.45, 2.75) is 12.3 Å². The van der Waals surface area contributed by atoms with E-state index in [1.54, 1.807) is 49.3 Å². The zero-order valence-corrected chi connectivity index (χ0v) is 15.2. The normalized spacial score (nSPS) is 16.7. The highest BCUT2D eigenvalue weighted by Gasteiger charge is 2.30. The van der Waals surface area contributed by atoms with Gasteiger partial charge in [0.25, 0.3) is 11.8 Å². The molecule has 8 nitrogen and oxygen atoms in total. The molecule has 0 aliphatic carbocycles. The van der Waals surface area contributed by atoms with Crippen LogP contribution in [0.2, 0.25) is 0 Å². The average molecular weight is 364 g/mol. The van der Waals surface area contributed by atoms with Crippen molar-refractivity contribution in [3.63, 3.8) is 0 Å². The zero-order valence-electron chi connectivity index (χ0n) is 15.2. The lowest BCUT2D eigenvalue weighted by Crippen LogP contribution is -2.29. The van der Waals surface area contributed by atoms with Crippen LogP contribution in [0, 0.1) is 0 Å². The third-order valence-corrected chi connectivity index (χ3v) is 4.84. The van der Waals surface area contributed by atoms with E-state index in [4.69, 9.17) is 0 Å². The fraction of sp³-hybridized carbons (Fsp3) is 0.316. The summed E-state index contributed by atoms with van der Waals surface area (Å²) in [7, 11) is 3.40. The first-order valence-electron chi connectivity index (χ1n) is 8.81. The highest BCUT2D eigenvalue weighted by atomic mass is 16.2. The first kappa shape index (κ1) is 17.1. The number of pyridine rings is 1. The molecule has 0 saturated carbocycles. The molecule has 0 spiro atoms. The molecule has 0 radical (unpaired) electrons. The molecule has 3 aromatic heterocycles. The molecule has 1 saturated heterocycles. The standard InChI is InChI=1S/C19H20N6O2/c1-23(2)18(26)14-11-22-25-16(6-9-21-17(14)25)13-7-10-24(12-13)19(27)15-5-3-4-8-20-15/h3-6,8-9,11,13H,7,10,12H2,1-2H3/t13-/m0/s1. The first-order valence-corrected chi connectivity index (χ1v) is 8.81. The van der Waals surface area contributed by atoms with Gasteiger partial charge in [-0.3, -0.25) is 14.6 Å². The molecular weight excluding hydrogens is 344 g/mol. The topological polar surface area (TPSA) is 83.7 Å². The maximum Gasteiger partial charge on any atom is 0.272 e. The molecule has 3 aromatic rings. The third kappa shape index (κ3) is 3.03. The van der Waals surface area contributed by atoms with Gasteiger partial charge >= 0.3 is 0 Å². The zero-order chi connectivity index (χ0) is 19.0. The van der Waals surface area contributed by atoms with Crippen LogP contribution >= 0.6 is 0 Å². The third-order valence-electron chi connectivity index (χ3n) is 4.84. The summed E-state index contributed by atoms with van der Waals surface area (Å²) in [6.45, 7) is 1.25. The van der Waals surface area contributed by atoms with Crippen molar-refractivity contribution in [3.8, 4) is 0 Å². The molecule has 27 heavy (non-hydrogen) atoms. The Morgan fingerprint density at radius 2 is 2.00 bits per heavy atom. The number of fused-ring (bicyclic) bond motifs is 1. The number of likely N-dealkylation sites (tertiary alicyclic amines) is 1. The fourth-order valence-corrected chi connectivity index (χ4v) is 3.45. The van der Waals surface area contributed by atoms with Gasteiger partial charge < -0.3 is 9.80 Å². The van der Waals surface area contributed by atoms with Crippen LogP contribution in [-0.4, -0.2) is 68.4 Å². The SMILES string of the molecule is CN(C)C(=O)c1cnn2c([C@H]3CCN(C(=O)c4ccccn4)C3)ccnc12. The average Bonchev–Trinajstić information content (AvgIpc) is 3.34. The van der Waals surface area contributed by atoms with Crippen molar-refractivity contribution < 1.29 is 9.59 Å². The van der Waals surface area contributed by atoms with Crippen LogP contribution in [0.3, 0.4) is 0 Å². The molecule has 1 aliphatic rings. The molecule has 2 amide bonds. The number of hydrogen-bond acceptors (Lipinski definition) is 5. The summed E-state index contributed by atoms with van der Waals surface area (Å²) in [4.78, 5) is 36.8. The summed E-state index contributed by atoms with van der Waals surface area (Å²) in [5.74, 6) is -0.0641. The smallest absolute Gasteiger partial charge is 0.272 e. The van der Waals surface area contributed by atoms with Crippen LogP contribution < -0.4 is 0 Å². The first-order chi connectivity index (χ1) is 13.1. The number of aromatic nitrogens is 4. The Morgan fingerprint density at radius 3 is 2.74 bits per heavy atom. The van der Waals surface area contributed by atoms with Gasteiger partial charge in [-0.25, -0.2) is 9.50 Å². The Morgan fingerprint density at radius 1 is 1.15 bits per heavy atom. The van der Waals surface area contributed by atoms with Gasteiger partial charge in [0, 0.05) is 45.5 Å². The lowest BCUT2D eigenvalue weighted by Gasteiger charge is -2.16. The summed E-state index contributed by atoms with van der Waals surface area (Å²) in [5, 5.41) is 4.39. The van der Waals surface area contributed by atoms with E-state index >= 15 is 0 Å². The van der Waals surface area contributed by atoms with E-state index in [1.165, 1.54) is 4.90 Å². The summed E-state index contributed by atoms with van der Waals surface area (Å²) in [5.41, 5.74) is 2.42. The van der Waals surface area contributed by atoms with Crippen LogP contribution in [0.1, 0.15) is 38.9 Å². The van der Waals surface area contributed by atoms with E-state index in [2.05, 4.69) is 15.1 Å². The molecule has 4 heterocycles. The molecule has 0 aromatic carbocycles. The lowest BCUT2D eigenvalue weighted by molar-refractivity contribution is 0.0783. The lowest BCUT2D eigenvalue weighted by atomic mass is 10.0. The molecule has 1 aliphatic heterocycles. The van der Waals surface area contributed by atoms with Crippen molar-refractivity contribution in [2.24, 2.45) is 0 Å². The predicted molar refractivity (Wildman–Crippen MR) is 98.5 cm³/mol. The van der Waals surface area contributed by atoms with E-state index < -0.39 is 0 Å². The molecule has 0 N–H and O–H groups in total. The molecule has 1 fully saturated rings. The minimum Gasteiger partial charge on any atom is -0.345 e. The van der Waals surface area contributed by atoms with Crippen molar-refractivity contribution >= 4 is 17.5 Å². The highest BCUT2D eigenvalue weighted by Crippen LogP contribution is 2.28. The Kier molecular flexibility index (Phi) is 4.31. The summed E-state index contributed by atoms with van der Waals surface area (Å²) >= 11 is 0. The van der Waals surface area contributed by atoms with Crippen LogP contribution in [0.25, 0.3) is 5.65 Å². The number of rotatable bonds is 3. The van der Waals surface area contributed by atoms with Gasteiger partial charge in [0.2, 0.25) is 0 Å². The van der Waals surface area contributed by atoms with Crippen molar-refractivity contribution in [2.75, 3.05) is 27.2 Å². The Hall–Kier alpha value is -3.29. The molecular formula is C19H20N6O2. The Balaban J connectivity index is 1.61. The number of carbonyl (C=O) groups is 2. The van der Waals surface area contributed by atoms with Crippen LogP contribution in [0.4, 0.5) is 0 Å². The molecule has 0 unspecified atom stereocenters.